The molecule has 16 heavy (non-hydrogen) atoms. The van der Waals surface area contributed by atoms with Gasteiger partial charge in [0.1, 0.15) is 17.6 Å². The van der Waals surface area contributed by atoms with E-state index in [0.717, 1.165) is 22.6 Å². The molecule has 0 bridgehead atoms. The highest BCUT2D eigenvalue weighted by atomic mass is 32.1. The van der Waals surface area contributed by atoms with E-state index in [1.165, 1.54) is 4.88 Å². The molecule has 0 fully saturated rings. The van der Waals surface area contributed by atoms with Crippen LogP contribution in [0.5, 0.6) is 0 Å². The highest BCUT2D eigenvalue weighted by Gasteiger charge is 2.18. The van der Waals surface area contributed by atoms with Gasteiger partial charge in [-0.2, -0.15) is 0 Å². The van der Waals surface area contributed by atoms with Crippen LogP contribution in [0.4, 0.5) is 0 Å². The second kappa shape index (κ2) is 4.44. The number of aliphatic hydroxyl groups excluding tert-OH is 1. The van der Waals surface area contributed by atoms with Crippen LogP contribution in [0, 0.1) is 13.8 Å². The Labute approximate surface area is 99.5 Å². The predicted molar refractivity (Wildman–Crippen MR) is 65.9 cm³/mol. The maximum atomic E-state index is 10.2. The molecule has 0 amide bonds. The third-order valence-electron chi connectivity index (χ3n) is 2.67. The second-order valence-corrected chi connectivity index (χ2v) is 5.39. The van der Waals surface area contributed by atoms with Gasteiger partial charge in [-0.1, -0.05) is 6.92 Å². The molecule has 0 radical (unpaired) electrons. The Balaban J connectivity index is 2.31. The summed E-state index contributed by atoms with van der Waals surface area (Å²) in [5.41, 5.74) is 0.958. The maximum Gasteiger partial charge on any atom is 0.138 e. The third-order valence-corrected chi connectivity index (χ3v) is 3.66. The van der Waals surface area contributed by atoms with Gasteiger partial charge >= 0.3 is 0 Å². The molecule has 0 aliphatic heterocycles. The van der Waals surface area contributed by atoms with Gasteiger partial charge in [-0.15, -0.1) is 11.3 Å². The monoisotopic (exact) mass is 236 g/mol. The highest BCUT2D eigenvalue weighted by Crippen LogP contribution is 2.31. The molecule has 2 heterocycles. The molecule has 0 saturated carbocycles. The Hall–Kier alpha value is -1.06. The molecule has 1 unspecified atom stereocenters. The van der Waals surface area contributed by atoms with E-state index in [1.54, 1.807) is 11.3 Å². The van der Waals surface area contributed by atoms with E-state index in [1.807, 2.05) is 39.0 Å². The molecule has 0 aliphatic carbocycles. The van der Waals surface area contributed by atoms with Gasteiger partial charge in [-0.05, 0) is 32.0 Å². The van der Waals surface area contributed by atoms with E-state index in [2.05, 4.69) is 0 Å². The standard InChI is InChI=1S/C13H16O2S/c1-4-10-5-6-12(15-10)13(14)11-7-8(2)16-9(11)3/h5-7,13-14H,4H2,1-3H3. The van der Waals surface area contributed by atoms with Gasteiger partial charge in [-0.3, -0.25) is 0 Å². The Morgan fingerprint density at radius 3 is 2.62 bits per heavy atom. The lowest BCUT2D eigenvalue weighted by Gasteiger charge is -2.06. The van der Waals surface area contributed by atoms with Crippen LogP contribution in [0.3, 0.4) is 0 Å². The zero-order chi connectivity index (χ0) is 11.7. The summed E-state index contributed by atoms with van der Waals surface area (Å²) in [6.07, 6.45) is 0.221. The van der Waals surface area contributed by atoms with Gasteiger partial charge in [0.15, 0.2) is 0 Å². The smallest absolute Gasteiger partial charge is 0.138 e. The molecule has 2 aromatic rings. The van der Waals surface area contributed by atoms with Crippen molar-refractivity contribution < 1.29 is 9.52 Å². The summed E-state index contributed by atoms with van der Waals surface area (Å²) >= 11 is 1.70. The minimum Gasteiger partial charge on any atom is -0.463 e. The van der Waals surface area contributed by atoms with Crippen molar-refractivity contribution >= 4 is 11.3 Å². The summed E-state index contributed by atoms with van der Waals surface area (Å²) in [6.45, 7) is 6.11. The van der Waals surface area contributed by atoms with E-state index in [0.29, 0.717) is 5.76 Å². The van der Waals surface area contributed by atoms with Gasteiger partial charge < -0.3 is 9.52 Å². The topological polar surface area (TPSA) is 33.4 Å². The quantitative estimate of drug-likeness (QED) is 0.883. The molecule has 2 aromatic heterocycles. The highest BCUT2D eigenvalue weighted by molar-refractivity contribution is 7.12. The number of furan rings is 1. The van der Waals surface area contributed by atoms with Gasteiger partial charge in [-0.25, -0.2) is 0 Å². The summed E-state index contributed by atoms with van der Waals surface area (Å²) in [4.78, 5) is 2.37. The molecule has 2 rings (SSSR count). The second-order valence-electron chi connectivity index (χ2n) is 3.93. The SMILES string of the molecule is CCc1ccc(C(O)c2cc(C)sc2C)o1. The van der Waals surface area contributed by atoms with Crippen molar-refractivity contribution in [1.82, 2.24) is 0 Å². The summed E-state index contributed by atoms with van der Waals surface area (Å²) in [5, 5.41) is 10.2. The van der Waals surface area contributed by atoms with Crippen molar-refractivity contribution in [3.8, 4) is 0 Å². The van der Waals surface area contributed by atoms with Crippen molar-refractivity contribution in [1.29, 1.82) is 0 Å². The molecule has 0 saturated heterocycles. The van der Waals surface area contributed by atoms with Gasteiger partial charge in [0.2, 0.25) is 0 Å². The van der Waals surface area contributed by atoms with Crippen molar-refractivity contribution in [3.63, 3.8) is 0 Å². The first-order chi connectivity index (χ1) is 7.61. The number of thiophene rings is 1. The van der Waals surface area contributed by atoms with Gasteiger partial charge in [0.05, 0.1) is 0 Å². The summed E-state index contributed by atoms with van der Waals surface area (Å²) in [6, 6.07) is 5.81. The van der Waals surface area contributed by atoms with E-state index in [-0.39, 0.29) is 0 Å². The van der Waals surface area contributed by atoms with Crippen LogP contribution in [0.25, 0.3) is 0 Å². The van der Waals surface area contributed by atoms with E-state index < -0.39 is 6.10 Å². The number of rotatable bonds is 3. The van der Waals surface area contributed by atoms with Crippen molar-refractivity contribution in [2.24, 2.45) is 0 Å². The van der Waals surface area contributed by atoms with Crippen LogP contribution in [0.15, 0.2) is 22.6 Å². The predicted octanol–water partition coefficient (Wildman–Crippen LogP) is 3.60. The maximum absolute atomic E-state index is 10.2. The molecule has 3 heteroatoms. The van der Waals surface area contributed by atoms with Crippen LogP contribution < -0.4 is 0 Å². The Morgan fingerprint density at radius 2 is 2.12 bits per heavy atom. The molecule has 1 atom stereocenters. The molecule has 1 N–H and O–H groups in total. The van der Waals surface area contributed by atoms with E-state index >= 15 is 0 Å². The first-order valence-corrected chi connectivity index (χ1v) is 6.27. The normalized spacial score (nSPS) is 13.0. The van der Waals surface area contributed by atoms with Crippen molar-refractivity contribution in [3.05, 3.63) is 45.0 Å². The fourth-order valence-corrected chi connectivity index (χ4v) is 2.76. The first kappa shape index (κ1) is 11.4. The molecule has 86 valence electrons. The average molecular weight is 236 g/mol. The first-order valence-electron chi connectivity index (χ1n) is 5.45. The Kier molecular flexibility index (Phi) is 3.17. The zero-order valence-electron chi connectivity index (χ0n) is 9.78. The van der Waals surface area contributed by atoms with Crippen molar-refractivity contribution in [2.45, 2.75) is 33.3 Å². The lowest BCUT2D eigenvalue weighted by molar-refractivity contribution is 0.187. The number of aryl methyl sites for hydroxylation is 3. The Bertz CT molecular complexity index is 482. The van der Waals surface area contributed by atoms with Gasteiger partial charge in [0.25, 0.3) is 0 Å². The molecular weight excluding hydrogens is 220 g/mol. The average Bonchev–Trinajstić information content (AvgIpc) is 2.84. The fraction of sp³-hybridized carbons (Fsp3) is 0.385. The molecule has 0 spiro atoms. The van der Waals surface area contributed by atoms with Gasteiger partial charge in [0, 0.05) is 21.7 Å². The molecule has 2 nitrogen and oxygen atoms in total. The largest absolute Gasteiger partial charge is 0.463 e. The van der Waals surface area contributed by atoms with Crippen LogP contribution in [-0.2, 0) is 6.42 Å². The number of aliphatic hydroxyl groups is 1. The molecular formula is C13H16O2S. The zero-order valence-corrected chi connectivity index (χ0v) is 10.6. The van der Waals surface area contributed by atoms with Crippen LogP contribution in [-0.4, -0.2) is 5.11 Å². The van der Waals surface area contributed by atoms with Crippen molar-refractivity contribution in [2.75, 3.05) is 0 Å². The minimum absolute atomic E-state index is 0.634. The van der Waals surface area contributed by atoms with Crippen LogP contribution in [0.2, 0.25) is 0 Å². The third kappa shape index (κ3) is 2.06. The summed E-state index contributed by atoms with van der Waals surface area (Å²) < 4.78 is 5.57. The fourth-order valence-electron chi connectivity index (χ4n) is 1.81. The molecule has 0 aromatic carbocycles. The van der Waals surface area contributed by atoms with E-state index in [9.17, 15) is 5.11 Å². The van der Waals surface area contributed by atoms with E-state index in [4.69, 9.17) is 4.42 Å². The lowest BCUT2D eigenvalue weighted by atomic mass is 10.1. The molecule has 0 aliphatic rings. The lowest BCUT2D eigenvalue weighted by Crippen LogP contribution is -1.97. The minimum atomic E-state index is -0.634. The number of hydrogen-bond donors (Lipinski definition) is 1. The van der Waals surface area contributed by atoms with Crippen LogP contribution >= 0.6 is 11.3 Å². The number of hydrogen-bond acceptors (Lipinski definition) is 3. The summed E-state index contributed by atoms with van der Waals surface area (Å²) in [7, 11) is 0. The summed E-state index contributed by atoms with van der Waals surface area (Å²) in [5.74, 6) is 1.55. The Morgan fingerprint density at radius 1 is 1.38 bits per heavy atom. The van der Waals surface area contributed by atoms with Crippen LogP contribution in [0.1, 0.15) is 39.9 Å².